The summed E-state index contributed by atoms with van der Waals surface area (Å²) in [4.78, 5) is 21.5. The summed E-state index contributed by atoms with van der Waals surface area (Å²) in [6, 6.07) is 6.96. The molecule has 3 rings (SSSR count). The number of benzene rings is 1. The molecule has 0 saturated carbocycles. The fourth-order valence-electron chi connectivity index (χ4n) is 2.85. The van der Waals surface area contributed by atoms with Crippen LogP contribution in [0.5, 0.6) is 0 Å². The molecule has 1 fully saturated rings. The maximum absolute atomic E-state index is 12.6. The number of nitrogens with one attached hydrogen (secondary N) is 1. The minimum atomic E-state index is -3.27. The molecular weight excluding hydrogens is 434 g/mol. The van der Waals surface area contributed by atoms with E-state index >= 15 is 0 Å². The number of imidazole rings is 1. The summed E-state index contributed by atoms with van der Waals surface area (Å²) in [6.07, 6.45) is 1.11. The van der Waals surface area contributed by atoms with Gasteiger partial charge in [-0.25, -0.2) is 18.2 Å². The number of amides is 1. The van der Waals surface area contributed by atoms with Crippen molar-refractivity contribution in [2.24, 2.45) is 0 Å². The van der Waals surface area contributed by atoms with Crippen molar-refractivity contribution in [1.29, 1.82) is 0 Å². The van der Waals surface area contributed by atoms with Crippen molar-refractivity contribution < 1.29 is 17.9 Å². The number of sulfone groups is 1. The van der Waals surface area contributed by atoms with Gasteiger partial charge < -0.3 is 9.72 Å². The van der Waals surface area contributed by atoms with Gasteiger partial charge in [-0.2, -0.15) is 0 Å². The highest BCUT2D eigenvalue weighted by molar-refractivity contribution is 9.10. The third-order valence-corrected chi connectivity index (χ3v) is 6.28. The van der Waals surface area contributed by atoms with E-state index in [4.69, 9.17) is 4.74 Å². The third-order valence-electron chi connectivity index (χ3n) is 4.13. The molecule has 0 spiro atoms. The van der Waals surface area contributed by atoms with Crippen molar-refractivity contribution in [3.63, 3.8) is 0 Å². The predicted octanol–water partition coefficient (Wildman–Crippen LogP) is 3.55. The van der Waals surface area contributed by atoms with Gasteiger partial charge in [0.05, 0.1) is 23.4 Å². The topological polar surface area (TPSA) is 92.4 Å². The molecule has 1 aromatic carbocycles. The average molecular weight is 456 g/mol. The van der Waals surface area contributed by atoms with Crippen LogP contribution in [-0.2, 0) is 14.6 Å². The number of carbonyl (C=O) groups excluding carboxylic acids is 1. The molecule has 0 bridgehead atoms. The van der Waals surface area contributed by atoms with E-state index in [9.17, 15) is 13.2 Å². The van der Waals surface area contributed by atoms with Crippen LogP contribution in [0, 0.1) is 0 Å². The highest BCUT2D eigenvalue weighted by Crippen LogP contribution is 2.29. The Labute approximate surface area is 167 Å². The van der Waals surface area contributed by atoms with Crippen LogP contribution in [0.2, 0.25) is 0 Å². The molecule has 1 unspecified atom stereocenters. The van der Waals surface area contributed by atoms with E-state index in [1.165, 1.54) is 4.90 Å². The van der Waals surface area contributed by atoms with Gasteiger partial charge in [-0.3, -0.25) is 4.90 Å². The second-order valence-electron chi connectivity index (χ2n) is 7.49. The fraction of sp³-hybridized carbons (Fsp3) is 0.444. The Morgan fingerprint density at radius 2 is 1.96 bits per heavy atom. The maximum atomic E-state index is 12.6. The molecule has 1 saturated heterocycles. The molecule has 7 nitrogen and oxygen atoms in total. The number of aromatic nitrogens is 2. The van der Waals surface area contributed by atoms with Crippen LogP contribution in [0.15, 0.2) is 34.9 Å². The Balaban J connectivity index is 1.90. The van der Waals surface area contributed by atoms with Gasteiger partial charge in [-0.05, 0) is 38.5 Å². The van der Waals surface area contributed by atoms with Crippen LogP contribution < -0.4 is 0 Å². The molecule has 2 aromatic rings. The number of carbonyl (C=O) groups is 1. The standard InChI is InChI=1S/C18H22BrN3O4S/c1-18(2,3)26-17(23)22-8-9-27(24,25)11-15(22)16-20-10-14(21-16)12-4-6-13(19)7-5-12/h4-7,10,15H,8-9,11H2,1-3H3,(H,20,21). The van der Waals surface area contributed by atoms with Gasteiger partial charge in [-0.15, -0.1) is 0 Å². The lowest BCUT2D eigenvalue weighted by Gasteiger charge is -2.35. The molecule has 1 atom stereocenters. The third kappa shape index (κ3) is 4.90. The van der Waals surface area contributed by atoms with E-state index in [0.29, 0.717) is 5.82 Å². The van der Waals surface area contributed by atoms with Crippen LogP contribution in [-0.4, -0.2) is 53.0 Å². The second-order valence-corrected chi connectivity index (χ2v) is 10.6. The largest absolute Gasteiger partial charge is 0.444 e. The first-order chi connectivity index (χ1) is 12.5. The van der Waals surface area contributed by atoms with Crippen LogP contribution in [0.3, 0.4) is 0 Å². The van der Waals surface area contributed by atoms with E-state index in [1.54, 1.807) is 27.0 Å². The van der Waals surface area contributed by atoms with Crippen molar-refractivity contribution in [2.45, 2.75) is 32.4 Å². The summed E-state index contributed by atoms with van der Waals surface area (Å²) in [5, 5.41) is 0. The number of halogens is 1. The minimum Gasteiger partial charge on any atom is -0.444 e. The highest BCUT2D eigenvalue weighted by Gasteiger charge is 2.38. The van der Waals surface area contributed by atoms with Gasteiger partial charge in [0.1, 0.15) is 17.5 Å². The number of H-pyrrole nitrogens is 1. The molecule has 1 N–H and O–H groups in total. The van der Waals surface area contributed by atoms with Crippen LogP contribution in [0.1, 0.15) is 32.6 Å². The first-order valence-corrected chi connectivity index (χ1v) is 11.2. The number of hydrogen-bond donors (Lipinski definition) is 1. The zero-order chi connectivity index (χ0) is 19.8. The SMILES string of the molecule is CC(C)(C)OC(=O)N1CCS(=O)(=O)CC1c1ncc(-c2ccc(Br)cc2)[nH]1. The van der Waals surface area contributed by atoms with Crippen LogP contribution >= 0.6 is 15.9 Å². The van der Waals surface area contributed by atoms with Crippen molar-refractivity contribution in [3.05, 3.63) is 40.8 Å². The monoisotopic (exact) mass is 455 g/mol. The predicted molar refractivity (Wildman–Crippen MR) is 106 cm³/mol. The molecule has 1 aliphatic heterocycles. The van der Waals surface area contributed by atoms with Crippen molar-refractivity contribution in [2.75, 3.05) is 18.1 Å². The lowest BCUT2D eigenvalue weighted by molar-refractivity contribution is 0.0174. The summed E-state index contributed by atoms with van der Waals surface area (Å²) in [5.41, 5.74) is 1.01. The average Bonchev–Trinajstić information content (AvgIpc) is 3.02. The van der Waals surface area contributed by atoms with Gasteiger partial charge in [0.25, 0.3) is 0 Å². The van der Waals surface area contributed by atoms with Crippen molar-refractivity contribution in [3.8, 4) is 11.3 Å². The number of nitrogens with zero attached hydrogens (tertiary/aromatic N) is 2. The maximum Gasteiger partial charge on any atom is 0.410 e. The van der Waals surface area contributed by atoms with E-state index in [1.807, 2.05) is 24.3 Å². The molecule has 0 aliphatic carbocycles. The van der Waals surface area contributed by atoms with E-state index in [-0.39, 0.29) is 18.1 Å². The molecule has 0 radical (unpaired) electrons. The molecule has 2 heterocycles. The Morgan fingerprint density at radius 3 is 2.59 bits per heavy atom. The van der Waals surface area contributed by atoms with E-state index in [2.05, 4.69) is 25.9 Å². The molecular formula is C18H22BrN3O4S. The number of ether oxygens (including phenoxy) is 1. The molecule has 1 aliphatic rings. The molecule has 9 heteroatoms. The summed E-state index contributed by atoms with van der Waals surface area (Å²) >= 11 is 3.40. The Hall–Kier alpha value is -1.87. The highest BCUT2D eigenvalue weighted by atomic mass is 79.9. The lowest BCUT2D eigenvalue weighted by Crippen LogP contribution is -2.48. The zero-order valence-corrected chi connectivity index (χ0v) is 17.8. The molecule has 27 heavy (non-hydrogen) atoms. The van der Waals surface area contributed by atoms with Crippen LogP contribution in [0.25, 0.3) is 11.3 Å². The van der Waals surface area contributed by atoms with E-state index < -0.39 is 27.6 Å². The number of aromatic amines is 1. The summed E-state index contributed by atoms with van der Waals surface area (Å²) in [5.74, 6) is 0.171. The number of rotatable bonds is 2. The Bertz CT molecular complexity index is 932. The molecule has 146 valence electrons. The lowest BCUT2D eigenvalue weighted by atomic mass is 10.2. The quantitative estimate of drug-likeness (QED) is 0.747. The van der Waals surface area contributed by atoms with Gasteiger partial charge in [0.15, 0.2) is 9.84 Å². The smallest absolute Gasteiger partial charge is 0.410 e. The molecule has 1 aromatic heterocycles. The normalized spacial score (nSPS) is 19.7. The van der Waals surface area contributed by atoms with Crippen LogP contribution in [0.4, 0.5) is 4.79 Å². The first-order valence-electron chi connectivity index (χ1n) is 8.55. The summed E-state index contributed by atoms with van der Waals surface area (Å²) in [6.45, 7) is 5.41. The molecule has 1 amide bonds. The van der Waals surface area contributed by atoms with E-state index in [0.717, 1.165) is 15.7 Å². The Morgan fingerprint density at radius 1 is 1.30 bits per heavy atom. The second kappa shape index (κ2) is 7.27. The Kier molecular flexibility index (Phi) is 5.36. The van der Waals surface area contributed by atoms with Crippen molar-refractivity contribution >= 4 is 31.9 Å². The fourth-order valence-corrected chi connectivity index (χ4v) is 4.58. The van der Waals surface area contributed by atoms with Gasteiger partial charge in [0, 0.05) is 11.0 Å². The van der Waals surface area contributed by atoms with Gasteiger partial charge in [0.2, 0.25) is 0 Å². The summed E-state index contributed by atoms with van der Waals surface area (Å²) in [7, 11) is -3.27. The van der Waals surface area contributed by atoms with Gasteiger partial charge in [-0.1, -0.05) is 28.1 Å². The number of hydrogen-bond acceptors (Lipinski definition) is 5. The minimum absolute atomic E-state index is 0.0796. The first kappa shape index (κ1) is 19.9. The van der Waals surface area contributed by atoms with Gasteiger partial charge >= 0.3 is 6.09 Å². The zero-order valence-electron chi connectivity index (χ0n) is 15.4. The van der Waals surface area contributed by atoms with Crippen molar-refractivity contribution in [1.82, 2.24) is 14.9 Å². The summed E-state index contributed by atoms with van der Waals surface area (Å²) < 4.78 is 30.8.